The van der Waals surface area contributed by atoms with Crippen LogP contribution in [0, 0.1) is 5.41 Å². The van der Waals surface area contributed by atoms with Crippen LogP contribution in [0.25, 0.3) is 0 Å². The van der Waals surface area contributed by atoms with Gasteiger partial charge in [0.25, 0.3) is 0 Å². The second-order valence-electron chi connectivity index (χ2n) is 7.81. The number of hydrogen-bond donors (Lipinski definition) is 2. The molecular weight excluding hydrogens is 276 g/mol. The summed E-state index contributed by atoms with van der Waals surface area (Å²) in [6.07, 6.45) is 13.6. The monoisotopic (exact) mass is 308 g/mol. The quantitative estimate of drug-likeness (QED) is 0.792. The topological polar surface area (TPSA) is 52.6 Å². The Morgan fingerprint density at radius 1 is 1.18 bits per heavy atom. The molecule has 126 valence electrons. The first-order valence-electron chi connectivity index (χ1n) is 9.35. The molecule has 3 fully saturated rings. The number of likely N-dealkylation sites (N-methyl/N-ethyl adjacent to an activating group) is 1. The molecule has 0 heterocycles. The number of nitrogens with one attached hydrogen (secondary N) is 1. The van der Waals surface area contributed by atoms with E-state index in [2.05, 4.69) is 17.1 Å². The first-order valence-corrected chi connectivity index (χ1v) is 9.35. The van der Waals surface area contributed by atoms with Crippen LogP contribution in [0.5, 0.6) is 0 Å². The molecule has 1 spiro atoms. The molecule has 4 nitrogen and oxygen atoms in total. The zero-order valence-corrected chi connectivity index (χ0v) is 14.0. The first-order chi connectivity index (χ1) is 10.6. The van der Waals surface area contributed by atoms with Gasteiger partial charge in [-0.25, -0.2) is 0 Å². The van der Waals surface area contributed by atoms with E-state index < -0.39 is 5.97 Å². The Morgan fingerprint density at radius 2 is 1.82 bits per heavy atom. The Labute approximate surface area is 134 Å². The number of carboxylic acids is 1. The van der Waals surface area contributed by atoms with Gasteiger partial charge in [-0.2, -0.15) is 0 Å². The summed E-state index contributed by atoms with van der Waals surface area (Å²) in [6, 6.07) is 1.82. The third-order valence-electron chi connectivity index (χ3n) is 6.57. The maximum atomic E-state index is 10.9. The van der Waals surface area contributed by atoms with Gasteiger partial charge in [-0.3, -0.25) is 9.69 Å². The van der Waals surface area contributed by atoms with Gasteiger partial charge < -0.3 is 10.4 Å². The number of carboxylic acid groups (broad SMARTS) is 1. The van der Waals surface area contributed by atoms with E-state index in [4.69, 9.17) is 5.11 Å². The first kappa shape index (κ1) is 16.3. The Hall–Kier alpha value is -0.610. The van der Waals surface area contributed by atoms with Crippen LogP contribution in [0.4, 0.5) is 0 Å². The van der Waals surface area contributed by atoms with E-state index in [0.717, 1.165) is 25.4 Å². The van der Waals surface area contributed by atoms with Crippen LogP contribution in [-0.4, -0.2) is 47.2 Å². The van der Waals surface area contributed by atoms with E-state index in [1.165, 1.54) is 51.4 Å². The van der Waals surface area contributed by atoms with Crippen molar-refractivity contribution in [3.63, 3.8) is 0 Å². The Morgan fingerprint density at radius 3 is 2.41 bits per heavy atom. The minimum absolute atomic E-state index is 0.196. The molecule has 22 heavy (non-hydrogen) atoms. The zero-order chi connectivity index (χ0) is 15.6. The highest BCUT2D eigenvalue weighted by molar-refractivity contribution is 5.69. The highest BCUT2D eigenvalue weighted by Gasteiger charge is 2.45. The average Bonchev–Trinajstić information content (AvgIpc) is 2.91. The Bertz CT molecular complexity index is 387. The molecule has 0 aromatic heterocycles. The third-order valence-corrected chi connectivity index (χ3v) is 6.57. The van der Waals surface area contributed by atoms with Crippen molar-refractivity contribution in [2.75, 3.05) is 13.1 Å². The molecule has 3 aliphatic carbocycles. The van der Waals surface area contributed by atoms with Gasteiger partial charge in [0.2, 0.25) is 0 Å². The minimum Gasteiger partial charge on any atom is -0.480 e. The molecule has 0 amide bonds. The molecule has 0 aromatic carbocycles. The third kappa shape index (κ3) is 3.33. The van der Waals surface area contributed by atoms with Crippen LogP contribution < -0.4 is 5.32 Å². The predicted molar refractivity (Wildman–Crippen MR) is 88.0 cm³/mol. The molecule has 0 bridgehead atoms. The summed E-state index contributed by atoms with van der Waals surface area (Å²) in [7, 11) is 0. The van der Waals surface area contributed by atoms with E-state index in [1.807, 2.05) is 0 Å². The summed E-state index contributed by atoms with van der Waals surface area (Å²) in [5, 5.41) is 13.0. The lowest BCUT2D eigenvalue weighted by atomic mass is 9.68. The molecular formula is C18H32N2O2. The molecule has 0 aliphatic heterocycles. The van der Waals surface area contributed by atoms with Gasteiger partial charge in [-0.1, -0.05) is 32.6 Å². The molecule has 0 aromatic rings. The van der Waals surface area contributed by atoms with Gasteiger partial charge in [0.15, 0.2) is 0 Å². The Kier molecular flexibility index (Phi) is 5.08. The average molecular weight is 308 g/mol. The maximum Gasteiger partial charge on any atom is 0.317 e. The Balaban J connectivity index is 1.49. The summed E-state index contributed by atoms with van der Waals surface area (Å²) in [6.45, 7) is 3.11. The standard InChI is InChI=1S/C18H32N2O2/c1-2-20(13-17(21)22)15-11-14(12-15)19-16-7-3-4-8-18(16)9-5-6-10-18/h14-16,19H,2-13H2,1H3,(H,21,22). The molecule has 3 saturated carbocycles. The molecule has 4 heteroatoms. The lowest BCUT2D eigenvalue weighted by Gasteiger charge is -2.49. The van der Waals surface area contributed by atoms with Crippen LogP contribution in [0.1, 0.15) is 71.1 Å². The molecule has 0 radical (unpaired) electrons. The number of rotatable bonds is 6. The highest BCUT2D eigenvalue weighted by Crippen LogP contribution is 2.49. The number of nitrogens with zero attached hydrogens (tertiary/aromatic N) is 1. The normalized spacial score (nSPS) is 34.0. The van der Waals surface area contributed by atoms with E-state index in [0.29, 0.717) is 17.5 Å². The van der Waals surface area contributed by atoms with Gasteiger partial charge in [-0.15, -0.1) is 0 Å². The zero-order valence-electron chi connectivity index (χ0n) is 14.0. The lowest BCUT2D eigenvalue weighted by molar-refractivity contribution is -0.139. The highest BCUT2D eigenvalue weighted by atomic mass is 16.4. The predicted octanol–water partition coefficient (Wildman–Crippen LogP) is 3.02. The summed E-state index contributed by atoms with van der Waals surface area (Å²) < 4.78 is 0. The number of aliphatic carboxylic acids is 1. The van der Waals surface area contributed by atoms with E-state index in [9.17, 15) is 4.79 Å². The summed E-state index contributed by atoms with van der Waals surface area (Å²) in [5.74, 6) is -0.699. The number of hydrogen-bond acceptors (Lipinski definition) is 3. The molecule has 3 rings (SSSR count). The van der Waals surface area contributed by atoms with Gasteiger partial charge in [0, 0.05) is 18.1 Å². The van der Waals surface area contributed by atoms with Gasteiger partial charge >= 0.3 is 5.97 Å². The van der Waals surface area contributed by atoms with Crippen molar-refractivity contribution in [2.45, 2.75) is 89.3 Å². The van der Waals surface area contributed by atoms with Crippen molar-refractivity contribution in [1.29, 1.82) is 0 Å². The second-order valence-corrected chi connectivity index (χ2v) is 7.81. The maximum absolute atomic E-state index is 10.9. The van der Waals surface area contributed by atoms with Gasteiger partial charge in [0.1, 0.15) is 0 Å². The van der Waals surface area contributed by atoms with Crippen LogP contribution in [0.2, 0.25) is 0 Å². The van der Waals surface area contributed by atoms with Crippen molar-refractivity contribution in [1.82, 2.24) is 10.2 Å². The smallest absolute Gasteiger partial charge is 0.317 e. The molecule has 1 unspecified atom stereocenters. The van der Waals surface area contributed by atoms with E-state index >= 15 is 0 Å². The van der Waals surface area contributed by atoms with Crippen LogP contribution in [0.3, 0.4) is 0 Å². The lowest BCUT2D eigenvalue weighted by Crippen LogP contribution is -2.58. The van der Waals surface area contributed by atoms with Crippen molar-refractivity contribution in [3.05, 3.63) is 0 Å². The van der Waals surface area contributed by atoms with Crippen LogP contribution in [-0.2, 0) is 4.79 Å². The summed E-state index contributed by atoms with van der Waals surface area (Å²) in [5.41, 5.74) is 0.606. The summed E-state index contributed by atoms with van der Waals surface area (Å²) >= 11 is 0. The van der Waals surface area contributed by atoms with Gasteiger partial charge in [-0.05, 0) is 50.5 Å². The fourth-order valence-corrected chi connectivity index (χ4v) is 5.22. The van der Waals surface area contributed by atoms with Crippen molar-refractivity contribution >= 4 is 5.97 Å². The minimum atomic E-state index is -0.699. The van der Waals surface area contributed by atoms with Crippen LogP contribution >= 0.6 is 0 Å². The van der Waals surface area contributed by atoms with Crippen molar-refractivity contribution in [2.24, 2.45) is 5.41 Å². The second kappa shape index (κ2) is 6.88. The molecule has 0 saturated heterocycles. The molecule has 3 aliphatic rings. The number of carbonyl (C=O) groups is 1. The molecule has 2 N–H and O–H groups in total. The van der Waals surface area contributed by atoms with Gasteiger partial charge in [0.05, 0.1) is 6.54 Å². The van der Waals surface area contributed by atoms with Crippen molar-refractivity contribution in [3.8, 4) is 0 Å². The summed E-state index contributed by atoms with van der Waals surface area (Å²) in [4.78, 5) is 13.0. The SMILES string of the molecule is CCN(CC(=O)O)C1CC(NC2CCCCC23CCCC3)C1. The van der Waals surface area contributed by atoms with E-state index in [1.54, 1.807) is 0 Å². The van der Waals surface area contributed by atoms with Crippen molar-refractivity contribution < 1.29 is 9.90 Å². The fraction of sp³-hybridized carbons (Fsp3) is 0.944. The fourth-order valence-electron chi connectivity index (χ4n) is 5.22. The largest absolute Gasteiger partial charge is 0.480 e. The molecule has 1 atom stereocenters. The van der Waals surface area contributed by atoms with Crippen LogP contribution in [0.15, 0.2) is 0 Å². The van der Waals surface area contributed by atoms with E-state index in [-0.39, 0.29) is 6.54 Å².